The van der Waals surface area contributed by atoms with Gasteiger partial charge in [0.15, 0.2) is 0 Å². The Bertz CT molecular complexity index is 243. The Balaban J connectivity index is 3.81. The van der Waals surface area contributed by atoms with Gasteiger partial charge in [0.05, 0.1) is 6.61 Å². The van der Waals surface area contributed by atoms with Crippen LogP contribution >= 0.6 is 0 Å². The van der Waals surface area contributed by atoms with Gasteiger partial charge in [0.2, 0.25) is 0 Å². The van der Waals surface area contributed by atoms with Crippen molar-refractivity contribution in [2.24, 2.45) is 0 Å². The number of carboxylic acids is 1. The van der Waals surface area contributed by atoms with Gasteiger partial charge in [-0.25, -0.2) is 4.79 Å². The summed E-state index contributed by atoms with van der Waals surface area (Å²) in [5.74, 6) is -0.882. The summed E-state index contributed by atoms with van der Waals surface area (Å²) in [6.07, 6.45) is 1.98. The van der Waals surface area contributed by atoms with Crippen LogP contribution in [0.2, 0.25) is 0 Å². The molecule has 0 bridgehead atoms. The highest BCUT2D eigenvalue weighted by Crippen LogP contribution is 1.91. The monoisotopic (exact) mass is 230 g/mol. The van der Waals surface area contributed by atoms with Crippen molar-refractivity contribution in [2.45, 2.75) is 12.8 Å². The first-order valence-electron chi connectivity index (χ1n) is 5.08. The van der Waals surface area contributed by atoms with Crippen molar-refractivity contribution in [2.75, 3.05) is 26.2 Å². The summed E-state index contributed by atoms with van der Waals surface area (Å²) in [6, 6.07) is -0.320. The normalized spacial score (nSPS) is 9.56. The van der Waals surface area contributed by atoms with Crippen LogP contribution in [0.3, 0.4) is 0 Å². The number of rotatable bonds is 8. The van der Waals surface area contributed by atoms with Gasteiger partial charge in [-0.1, -0.05) is 6.08 Å². The van der Waals surface area contributed by atoms with Crippen LogP contribution in [-0.4, -0.2) is 53.4 Å². The topological polar surface area (TPSA) is 89.9 Å². The average molecular weight is 230 g/mol. The van der Waals surface area contributed by atoms with E-state index in [2.05, 4.69) is 11.9 Å². The molecule has 0 aliphatic carbocycles. The number of aliphatic carboxylic acids is 1. The zero-order chi connectivity index (χ0) is 12.4. The number of carbonyl (C=O) groups is 2. The van der Waals surface area contributed by atoms with Gasteiger partial charge in [0.25, 0.3) is 0 Å². The molecule has 0 radical (unpaired) electrons. The molecule has 6 heteroatoms. The predicted octanol–water partition coefficient (Wildman–Crippen LogP) is 0.0411. The summed E-state index contributed by atoms with van der Waals surface area (Å²) >= 11 is 0. The van der Waals surface area contributed by atoms with E-state index >= 15 is 0 Å². The minimum atomic E-state index is -0.882. The lowest BCUT2D eigenvalue weighted by Crippen LogP contribution is -2.41. The Morgan fingerprint density at radius 1 is 1.44 bits per heavy atom. The average Bonchev–Trinajstić information content (AvgIpc) is 2.23. The van der Waals surface area contributed by atoms with Crippen LogP contribution in [0, 0.1) is 0 Å². The van der Waals surface area contributed by atoms with Crippen molar-refractivity contribution >= 4 is 12.0 Å². The number of nitrogens with zero attached hydrogens (tertiary/aromatic N) is 1. The van der Waals surface area contributed by atoms with Gasteiger partial charge in [0, 0.05) is 26.1 Å². The first-order valence-corrected chi connectivity index (χ1v) is 5.08. The fourth-order valence-corrected chi connectivity index (χ4v) is 1.10. The molecular weight excluding hydrogens is 212 g/mol. The van der Waals surface area contributed by atoms with Gasteiger partial charge >= 0.3 is 12.0 Å². The highest BCUT2D eigenvalue weighted by Gasteiger charge is 2.10. The van der Waals surface area contributed by atoms with Gasteiger partial charge in [-0.3, -0.25) is 4.79 Å². The molecule has 0 aromatic carbocycles. The maximum absolute atomic E-state index is 11.5. The van der Waals surface area contributed by atoms with Crippen LogP contribution in [0.4, 0.5) is 4.79 Å². The van der Waals surface area contributed by atoms with Gasteiger partial charge < -0.3 is 20.4 Å². The molecule has 0 saturated carbocycles. The summed E-state index contributed by atoms with van der Waals surface area (Å²) in [4.78, 5) is 23.1. The molecule has 6 nitrogen and oxygen atoms in total. The second-order valence-corrected chi connectivity index (χ2v) is 3.19. The fraction of sp³-hybridized carbons (Fsp3) is 0.600. The van der Waals surface area contributed by atoms with Crippen LogP contribution in [0.25, 0.3) is 0 Å². The van der Waals surface area contributed by atoms with Crippen LogP contribution in [-0.2, 0) is 4.79 Å². The summed E-state index contributed by atoms with van der Waals surface area (Å²) < 4.78 is 0. The Morgan fingerprint density at radius 2 is 2.12 bits per heavy atom. The minimum absolute atomic E-state index is 0.0295. The SMILES string of the molecule is C=CCN(CCO)C(=O)NCCCC(=O)O. The van der Waals surface area contributed by atoms with Gasteiger partial charge in [-0.15, -0.1) is 6.58 Å². The summed E-state index contributed by atoms with van der Waals surface area (Å²) in [5, 5.41) is 19.7. The number of carbonyl (C=O) groups excluding carboxylic acids is 1. The molecule has 0 saturated heterocycles. The molecular formula is C10H18N2O4. The zero-order valence-corrected chi connectivity index (χ0v) is 9.19. The van der Waals surface area contributed by atoms with Crippen LogP contribution in [0.1, 0.15) is 12.8 Å². The zero-order valence-electron chi connectivity index (χ0n) is 9.19. The van der Waals surface area contributed by atoms with Crippen molar-refractivity contribution in [1.29, 1.82) is 0 Å². The van der Waals surface area contributed by atoms with Crippen LogP contribution < -0.4 is 5.32 Å². The number of aliphatic hydroxyl groups excluding tert-OH is 1. The first kappa shape index (κ1) is 14.4. The molecule has 0 unspecified atom stereocenters. The molecule has 0 heterocycles. The Kier molecular flexibility index (Phi) is 7.87. The van der Waals surface area contributed by atoms with Crippen molar-refractivity contribution in [3.63, 3.8) is 0 Å². The highest BCUT2D eigenvalue weighted by molar-refractivity contribution is 5.74. The maximum atomic E-state index is 11.5. The van der Waals surface area contributed by atoms with Gasteiger partial charge in [-0.2, -0.15) is 0 Å². The minimum Gasteiger partial charge on any atom is -0.481 e. The fourth-order valence-electron chi connectivity index (χ4n) is 1.10. The molecule has 3 N–H and O–H groups in total. The van der Waals surface area contributed by atoms with E-state index in [0.29, 0.717) is 19.5 Å². The number of hydrogen-bond donors (Lipinski definition) is 3. The summed E-state index contributed by atoms with van der Waals surface area (Å²) in [5.41, 5.74) is 0. The molecule has 0 aliphatic heterocycles. The van der Waals surface area contributed by atoms with Crippen LogP contribution in [0.5, 0.6) is 0 Å². The molecule has 2 amide bonds. The third kappa shape index (κ3) is 6.83. The molecule has 0 aromatic rings. The van der Waals surface area contributed by atoms with Crippen LogP contribution in [0.15, 0.2) is 12.7 Å². The van der Waals surface area contributed by atoms with Crippen molar-refractivity contribution in [3.05, 3.63) is 12.7 Å². The smallest absolute Gasteiger partial charge is 0.317 e. The van der Waals surface area contributed by atoms with E-state index in [0.717, 1.165) is 0 Å². The van der Waals surface area contributed by atoms with E-state index in [4.69, 9.17) is 10.2 Å². The van der Waals surface area contributed by atoms with E-state index in [1.165, 1.54) is 4.90 Å². The number of aliphatic hydroxyl groups is 1. The standard InChI is InChI=1S/C10H18N2O4/c1-2-6-12(7-8-13)10(16)11-5-3-4-9(14)15/h2,13H,1,3-8H2,(H,11,16)(H,14,15). The first-order chi connectivity index (χ1) is 7.61. The second-order valence-electron chi connectivity index (χ2n) is 3.19. The second kappa shape index (κ2) is 8.72. The van der Waals surface area contributed by atoms with Crippen molar-refractivity contribution < 1.29 is 19.8 Å². The van der Waals surface area contributed by atoms with Gasteiger partial charge in [-0.05, 0) is 6.42 Å². The third-order valence-corrected chi connectivity index (χ3v) is 1.85. The van der Waals surface area contributed by atoms with Gasteiger partial charge in [0.1, 0.15) is 0 Å². The number of carboxylic acid groups (broad SMARTS) is 1. The number of hydrogen-bond acceptors (Lipinski definition) is 3. The lowest BCUT2D eigenvalue weighted by molar-refractivity contribution is -0.137. The lowest BCUT2D eigenvalue weighted by atomic mass is 10.3. The van der Waals surface area contributed by atoms with E-state index < -0.39 is 5.97 Å². The molecule has 0 aliphatic rings. The maximum Gasteiger partial charge on any atom is 0.317 e. The Morgan fingerprint density at radius 3 is 2.62 bits per heavy atom. The summed E-state index contributed by atoms with van der Waals surface area (Å²) in [7, 11) is 0. The molecule has 0 spiro atoms. The van der Waals surface area contributed by atoms with E-state index in [9.17, 15) is 9.59 Å². The Hall–Kier alpha value is -1.56. The molecule has 0 atom stereocenters. The molecule has 16 heavy (non-hydrogen) atoms. The molecule has 0 aromatic heterocycles. The van der Waals surface area contributed by atoms with E-state index in [1.807, 2.05) is 0 Å². The number of amides is 2. The third-order valence-electron chi connectivity index (χ3n) is 1.85. The highest BCUT2D eigenvalue weighted by atomic mass is 16.4. The summed E-state index contributed by atoms with van der Waals surface area (Å²) in [6.45, 7) is 4.28. The lowest BCUT2D eigenvalue weighted by Gasteiger charge is -2.20. The predicted molar refractivity (Wildman–Crippen MR) is 59.1 cm³/mol. The number of urea groups is 1. The molecule has 0 fully saturated rings. The van der Waals surface area contributed by atoms with E-state index in [-0.39, 0.29) is 25.6 Å². The van der Waals surface area contributed by atoms with Crippen molar-refractivity contribution in [3.8, 4) is 0 Å². The van der Waals surface area contributed by atoms with E-state index in [1.54, 1.807) is 6.08 Å². The van der Waals surface area contributed by atoms with Crippen molar-refractivity contribution in [1.82, 2.24) is 10.2 Å². The molecule has 0 rings (SSSR count). The quantitative estimate of drug-likeness (QED) is 0.405. The number of nitrogens with one attached hydrogen (secondary N) is 1. The largest absolute Gasteiger partial charge is 0.481 e. The Labute approximate surface area is 94.6 Å². The molecule has 92 valence electrons.